The standard InChI is InChI=1S/C16H24N2O2/c1-2-13-5-7-15(8-6-13)20-12-16(19)18-11-14-4-3-9-17-10-14/h5-8,14,17H,2-4,9-12H2,1H3,(H,18,19). The Kier molecular flexibility index (Phi) is 5.87. The van der Waals surface area contributed by atoms with E-state index in [1.807, 2.05) is 24.3 Å². The van der Waals surface area contributed by atoms with Crippen molar-refractivity contribution < 1.29 is 9.53 Å². The summed E-state index contributed by atoms with van der Waals surface area (Å²) in [5.74, 6) is 1.25. The first-order valence-electron chi connectivity index (χ1n) is 7.47. The molecule has 0 radical (unpaired) electrons. The lowest BCUT2D eigenvalue weighted by molar-refractivity contribution is -0.123. The van der Waals surface area contributed by atoms with Crippen LogP contribution in [0, 0.1) is 5.92 Å². The van der Waals surface area contributed by atoms with Gasteiger partial charge in [-0.2, -0.15) is 0 Å². The SMILES string of the molecule is CCc1ccc(OCC(=O)NCC2CCCNC2)cc1. The Bertz CT molecular complexity index is 411. The number of carbonyl (C=O) groups excluding carboxylic acids is 1. The van der Waals surface area contributed by atoms with Gasteiger partial charge in [-0.1, -0.05) is 19.1 Å². The predicted molar refractivity (Wildman–Crippen MR) is 79.9 cm³/mol. The van der Waals surface area contributed by atoms with Gasteiger partial charge >= 0.3 is 0 Å². The topological polar surface area (TPSA) is 50.4 Å². The van der Waals surface area contributed by atoms with Crippen molar-refractivity contribution in [2.45, 2.75) is 26.2 Å². The maximum atomic E-state index is 11.7. The van der Waals surface area contributed by atoms with Gasteiger partial charge in [0, 0.05) is 6.54 Å². The first-order valence-corrected chi connectivity index (χ1v) is 7.47. The second-order valence-electron chi connectivity index (χ2n) is 5.30. The number of piperidine rings is 1. The Balaban J connectivity index is 1.66. The van der Waals surface area contributed by atoms with E-state index >= 15 is 0 Å². The van der Waals surface area contributed by atoms with Crippen molar-refractivity contribution in [1.82, 2.24) is 10.6 Å². The summed E-state index contributed by atoms with van der Waals surface area (Å²) >= 11 is 0. The van der Waals surface area contributed by atoms with Gasteiger partial charge in [0.2, 0.25) is 0 Å². The molecule has 1 aliphatic rings. The van der Waals surface area contributed by atoms with E-state index in [9.17, 15) is 4.79 Å². The fourth-order valence-corrected chi connectivity index (χ4v) is 2.38. The fraction of sp³-hybridized carbons (Fsp3) is 0.562. The Labute approximate surface area is 120 Å². The third-order valence-electron chi connectivity index (χ3n) is 3.69. The lowest BCUT2D eigenvalue weighted by atomic mass is 10.00. The van der Waals surface area contributed by atoms with Crippen molar-refractivity contribution in [1.29, 1.82) is 0 Å². The molecular formula is C16H24N2O2. The molecule has 0 aromatic heterocycles. The molecule has 0 bridgehead atoms. The van der Waals surface area contributed by atoms with Crippen molar-refractivity contribution in [3.63, 3.8) is 0 Å². The first kappa shape index (κ1) is 14.9. The highest BCUT2D eigenvalue weighted by molar-refractivity contribution is 5.77. The molecule has 1 unspecified atom stereocenters. The number of carbonyl (C=O) groups is 1. The van der Waals surface area contributed by atoms with Gasteiger partial charge in [0.05, 0.1) is 0 Å². The van der Waals surface area contributed by atoms with E-state index in [-0.39, 0.29) is 12.5 Å². The lowest BCUT2D eigenvalue weighted by Gasteiger charge is -2.22. The van der Waals surface area contributed by atoms with Crippen molar-refractivity contribution in [3.8, 4) is 5.75 Å². The van der Waals surface area contributed by atoms with Crippen LogP contribution in [-0.4, -0.2) is 32.1 Å². The molecule has 2 N–H and O–H groups in total. The van der Waals surface area contributed by atoms with E-state index in [4.69, 9.17) is 4.74 Å². The Hall–Kier alpha value is -1.55. The molecule has 2 rings (SSSR count). The van der Waals surface area contributed by atoms with Gasteiger partial charge in [-0.05, 0) is 56.0 Å². The van der Waals surface area contributed by atoms with Crippen molar-refractivity contribution in [2.24, 2.45) is 5.92 Å². The third kappa shape index (κ3) is 4.85. The van der Waals surface area contributed by atoms with Crippen LogP contribution in [-0.2, 0) is 11.2 Å². The molecule has 0 saturated carbocycles. The molecule has 1 heterocycles. The van der Waals surface area contributed by atoms with E-state index in [1.165, 1.54) is 18.4 Å². The zero-order chi connectivity index (χ0) is 14.2. The molecule has 20 heavy (non-hydrogen) atoms. The van der Waals surface area contributed by atoms with Gasteiger partial charge in [-0.25, -0.2) is 0 Å². The monoisotopic (exact) mass is 276 g/mol. The van der Waals surface area contributed by atoms with E-state index in [2.05, 4.69) is 17.6 Å². The van der Waals surface area contributed by atoms with Crippen LogP contribution in [0.3, 0.4) is 0 Å². The lowest BCUT2D eigenvalue weighted by Crippen LogP contribution is -2.39. The number of nitrogens with one attached hydrogen (secondary N) is 2. The van der Waals surface area contributed by atoms with Gasteiger partial charge in [0.15, 0.2) is 6.61 Å². The van der Waals surface area contributed by atoms with Crippen LogP contribution in [0.15, 0.2) is 24.3 Å². The molecule has 4 heteroatoms. The Morgan fingerprint density at radius 1 is 1.40 bits per heavy atom. The molecule has 110 valence electrons. The van der Waals surface area contributed by atoms with Crippen molar-refractivity contribution in [3.05, 3.63) is 29.8 Å². The minimum atomic E-state index is -0.0462. The summed E-state index contributed by atoms with van der Waals surface area (Å²) in [6.07, 6.45) is 3.39. The summed E-state index contributed by atoms with van der Waals surface area (Å²) < 4.78 is 5.48. The summed E-state index contributed by atoms with van der Waals surface area (Å²) in [6, 6.07) is 7.89. The van der Waals surface area contributed by atoms with Gasteiger partial charge in [0.25, 0.3) is 5.91 Å². The molecule has 1 amide bonds. The Morgan fingerprint density at radius 3 is 2.85 bits per heavy atom. The number of hydrogen-bond donors (Lipinski definition) is 2. The van der Waals surface area contributed by atoms with Gasteiger partial charge in [-0.3, -0.25) is 4.79 Å². The van der Waals surface area contributed by atoms with Crippen molar-refractivity contribution >= 4 is 5.91 Å². The number of ether oxygens (including phenoxy) is 1. The van der Waals surface area contributed by atoms with Crippen LogP contribution in [0.25, 0.3) is 0 Å². The number of rotatable bonds is 6. The van der Waals surface area contributed by atoms with Gasteiger partial charge < -0.3 is 15.4 Å². The summed E-state index contributed by atoms with van der Waals surface area (Å²) in [5.41, 5.74) is 1.27. The number of aryl methyl sites for hydroxylation is 1. The van der Waals surface area contributed by atoms with E-state index in [0.717, 1.165) is 31.8 Å². The number of amides is 1. The molecular weight excluding hydrogens is 252 g/mol. The van der Waals surface area contributed by atoms with Crippen molar-refractivity contribution in [2.75, 3.05) is 26.2 Å². The molecule has 1 aromatic carbocycles. The van der Waals surface area contributed by atoms with E-state index < -0.39 is 0 Å². The molecule has 1 fully saturated rings. The Morgan fingerprint density at radius 2 is 2.20 bits per heavy atom. The number of benzene rings is 1. The summed E-state index contributed by atoms with van der Waals surface area (Å²) in [7, 11) is 0. The fourth-order valence-electron chi connectivity index (χ4n) is 2.38. The maximum absolute atomic E-state index is 11.7. The summed E-state index contributed by atoms with van der Waals surface area (Å²) in [6.45, 7) is 5.04. The largest absolute Gasteiger partial charge is 0.484 e. The van der Waals surface area contributed by atoms with Crippen LogP contribution in [0.4, 0.5) is 0 Å². The highest BCUT2D eigenvalue weighted by Gasteiger charge is 2.13. The van der Waals surface area contributed by atoms with Crippen LogP contribution in [0.5, 0.6) is 5.75 Å². The smallest absolute Gasteiger partial charge is 0.257 e. The van der Waals surface area contributed by atoms with E-state index in [0.29, 0.717) is 5.92 Å². The average Bonchev–Trinajstić information content (AvgIpc) is 2.52. The first-order chi connectivity index (χ1) is 9.78. The third-order valence-corrected chi connectivity index (χ3v) is 3.69. The maximum Gasteiger partial charge on any atom is 0.257 e. The van der Waals surface area contributed by atoms with Crippen LogP contribution >= 0.6 is 0 Å². The summed E-state index contributed by atoms with van der Waals surface area (Å²) in [5, 5.41) is 6.29. The average molecular weight is 276 g/mol. The van der Waals surface area contributed by atoms with Crippen LogP contribution < -0.4 is 15.4 Å². The zero-order valence-electron chi connectivity index (χ0n) is 12.2. The molecule has 0 aliphatic carbocycles. The molecule has 4 nitrogen and oxygen atoms in total. The van der Waals surface area contributed by atoms with Gasteiger partial charge in [0.1, 0.15) is 5.75 Å². The van der Waals surface area contributed by atoms with Crippen LogP contribution in [0.2, 0.25) is 0 Å². The molecule has 1 aromatic rings. The molecule has 1 saturated heterocycles. The van der Waals surface area contributed by atoms with Crippen LogP contribution in [0.1, 0.15) is 25.3 Å². The second-order valence-corrected chi connectivity index (χ2v) is 5.30. The second kappa shape index (κ2) is 7.90. The molecule has 1 atom stereocenters. The minimum Gasteiger partial charge on any atom is -0.484 e. The summed E-state index contributed by atoms with van der Waals surface area (Å²) in [4.78, 5) is 11.7. The highest BCUT2D eigenvalue weighted by Crippen LogP contribution is 2.12. The minimum absolute atomic E-state index is 0.0462. The predicted octanol–water partition coefficient (Wildman–Crippen LogP) is 1.74. The normalized spacial score (nSPS) is 18.6. The molecule has 1 aliphatic heterocycles. The highest BCUT2D eigenvalue weighted by atomic mass is 16.5. The number of hydrogen-bond acceptors (Lipinski definition) is 3. The molecule has 0 spiro atoms. The zero-order valence-corrected chi connectivity index (χ0v) is 12.2. The quantitative estimate of drug-likeness (QED) is 0.832. The van der Waals surface area contributed by atoms with Gasteiger partial charge in [-0.15, -0.1) is 0 Å². The van der Waals surface area contributed by atoms with E-state index in [1.54, 1.807) is 0 Å².